The Hall–Kier alpha value is -4.13. The first kappa shape index (κ1) is 25.9. The minimum Gasteiger partial charge on any atom is -0.508 e. The van der Waals surface area contributed by atoms with Crippen molar-refractivity contribution < 1.29 is 9.90 Å². The van der Waals surface area contributed by atoms with Crippen molar-refractivity contribution >= 4 is 11.7 Å². The summed E-state index contributed by atoms with van der Waals surface area (Å²) in [7, 11) is 0. The maximum atomic E-state index is 12.3. The summed E-state index contributed by atoms with van der Waals surface area (Å²) in [6, 6.07) is 21.4. The summed E-state index contributed by atoms with van der Waals surface area (Å²) in [6.45, 7) is 7.82. The second kappa shape index (κ2) is 11.7. The first-order valence-corrected chi connectivity index (χ1v) is 12.7. The molecule has 7 nitrogen and oxygen atoms in total. The number of aromatic hydroxyl groups is 1. The van der Waals surface area contributed by atoms with Crippen LogP contribution < -0.4 is 10.6 Å². The van der Waals surface area contributed by atoms with E-state index in [1.165, 1.54) is 5.56 Å². The van der Waals surface area contributed by atoms with Crippen LogP contribution in [0.3, 0.4) is 0 Å². The average molecular weight is 498 g/mol. The number of amides is 1. The van der Waals surface area contributed by atoms with Gasteiger partial charge in [0.1, 0.15) is 11.6 Å². The summed E-state index contributed by atoms with van der Waals surface area (Å²) in [5.74, 6) is 1.15. The Kier molecular flexibility index (Phi) is 8.23. The van der Waals surface area contributed by atoms with E-state index in [1.54, 1.807) is 18.3 Å². The molecule has 0 aliphatic carbocycles. The molecular formula is C30H35N5O2. The molecule has 37 heavy (non-hydrogen) atoms. The summed E-state index contributed by atoms with van der Waals surface area (Å²) in [5, 5.41) is 20.7. The van der Waals surface area contributed by atoms with Gasteiger partial charge in [-0.1, -0.05) is 45.0 Å². The summed E-state index contributed by atoms with van der Waals surface area (Å²) in [5.41, 5.74) is 5.17. The van der Waals surface area contributed by atoms with Crippen molar-refractivity contribution in [1.82, 2.24) is 20.1 Å². The molecule has 192 valence electrons. The van der Waals surface area contributed by atoms with Gasteiger partial charge >= 0.3 is 0 Å². The van der Waals surface area contributed by atoms with Crippen LogP contribution in [0.15, 0.2) is 79.1 Å². The molecule has 0 aliphatic rings. The Labute approximate surface area is 218 Å². The number of nitrogens with zero attached hydrogens (tertiary/aromatic N) is 3. The highest BCUT2D eigenvalue weighted by atomic mass is 16.3. The van der Waals surface area contributed by atoms with Crippen LogP contribution in [-0.4, -0.2) is 38.9 Å². The number of phenolic OH excluding ortho intramolecular Hbond substituents is 1. The maximum absolute atomic E-state index is 12.3. The number of phenols is 1. The zero-order valence-corrected chi connectivity index (χ0v) is 21.7. The van der Waals surface area contributed by atoms with E-state index in [2.05, 4.69) is 60.7 Å². The summed E-state index contributed by atoms with van der Waals surface area (Å²) >= 11 is 0. The van der Waals surface area contributed by atoms with Gasteiger partial charge in [-0.15, -0.1) is 0 Å². The zero-order valence-electron chi connectivity index (χ0n) is 21.7. The van der Waals surface area contributed by atoms with E-state index < -0.39 is 0 Å². The molecule has 0 unspecified atom stereocenters. The Bertz CT molecular complexity index is 1290. The number of pyridine rings is 1. The monoisotopic (exact) mass is 497 g/mol. The third-order valence-electron chi connectivity index (χ3n) is 6.20. The van der Waals surface area contributed by atoms with E-state index in [-0.39, 0.29) is 17.1 Å². The number of carbonyl (C=O) groups excluding carboxylic acids is 1. The molecule has 0 spiro atoms. The summed E-state index contributed by atoms with van der Waals surface area (Å²) < 4.78 is 1.91. The first-order valence-electron chi connectivity index (χ1n) is 12.7. The number of hydrogen-bond donors (Lipinski definition) is 3. The van der Waals surface area contributed by atoms with E-state index in [1.807, 2.05) is 41.2 Å². The number of benzene rings is 2. The van der Waals surface area contributed by atoms with Gasteiger partial charge in [0, 0.05) is 43.5 Å². The molecule has 2 aromatic heterocycles. The molecule has 1 amide bonds. The largest absolute Gasteiger partial charge is 0.508 e. The van der Waals surface area contributed by atoms with Gasteiger partial charge in [0.05, 0.1) is 11.4 Å². The lowest BCUT2D eigenvalue weighted by molar-refractivity contribution is -0.121. The van der Waals surface area contributed by atoms with Crippen molar-refractivity contribution in [2.45, 2.75) is 45.4 Å². The second-order valence-electron chi connectivity index (χ2n) is 10.2. The molecule has 0 atom stereocenters. The minimum atomic E-state index is 0.0305. The Balaban J connectivity index is 1.36. The Morgan fingerprint density at radius 1 is 1.00 bits per heavy atom. The van der Waals surface area contributed by atoms with Crippen molar-refractivity contribution in [2.75, 3.05) is 18.4 Å². The molecule has 4 aromatic rings. The SMILES string of the molecule is CC(C)(C)c1ccc(-n2nc(-c3cccnc3)cc2NCCCC(=O)NCCc2ccc(O)cc2)cc1. The van der Waals surface area contributed by atoms with E-state index >= 15 is 0 Å². The predicted octanol–water partition coefficient (Wildman–Crippen LogP) is 5.49. The van der Waals surface area contributed by atoms with Crippen LogP contribution in [0.1, 0.15) is 44.7 Å². The van der Waals surface area contributed by atoms with E-state index in [4.69, 9.17) is 5.10 Å². The van der Waals surface area contributed by atoms with E-state index in [0.717, 1.165) is 34.7 Å². The summed E-state index contributed by atoms with van der Waals surface area (Å²) in [4.78, 5) is 16.5. The number of nitrogens with one attached hydrogen (secondary N) is 2. The predicted molar refractivity (Wildman–Crippen MR) is 148 cm³/mol. The third-order valence-corrected chi connectivity index (χ3v) is 6.20. The first-order chi connectivity index (χ1) is 17.8. The Morgan fingerprint density at radius 3 is 2.43 bits per heavy atom. The third kappa shape index (κ3) is 7.19. The van der Waals surface area contributed by atoms with Crippen molar-refractivity contribution in [1.29, 1.82) is 0 Å². The van der Waals surface area contributed by atoms with Gasteiger partial charge in [-0.3, -0.25) is 9.78 Å². The topological polar surface area (TPSA) is 92.1 Å². The smallest absolute Gasteiger partial charge is 0.220 e. The molecule has 0 aliphatic heterocycles. The molecule has 2 heterocycles. The van der Waals surface area contributed by atoms with Crippen molar-refractivity contribution in [2.24, 2.45) is 0 Å². The molecule has 0 radical (unpaired) electrons. The number of carbonyl (C=O) groups is 1. The molecule has 4 rings (SSSR count). The molecule has 0 bridgehead atoms. The molecule has 0 saturated heterocycles. The van der Waals surface area contributed by atoms with Crippen LogP contribution in [0.5, 0.6) is 5.75 Å². The molecule has 7 heteroatoms. The molecule has 0 fully saturated rings. The fourth-order valence-corrected chi connectivity index (χ4v) is 4.02. The lowest BCUT2D eigenvalue weighted by Crippen LogP contribution is -2.26. The van der Waals surface area contributed by atoms with Crippen LogP contribution in [0.2, 0.25) is 0 Å². The summed E-state index contributed by atoms with van der Waals surface area (Å²) in [6.07, 6.45) is 5.42. The number of hydrogen-bond acceptors (Lipinski definition) is 5. The number of anilines is 1. The van der Waals surface area contributed by atoms with Gasteiger partial charge < -0.3 is 15.7 Å². The maximum Gasteiger partial charge on any atom is 0.220 e. The van der Waals surface area contributed by atoms with Gasteiger partial charge in [-0.05, 0) is 65.8 Å². The van der Waals surface area contributed by atoms with Crippen molar-refractivity contribution in [3.8, 4) is 22.7 Å². The Morgan fingerprint density at radius 2 is 1.76 bits per heavy atom. The number of aromatic nitrogens is 3. The van der Waals surface area contributed by atoms with Gasteiger partial charge in [0.15, 0.2) is 0 Å². The number of rotatable bonds is 10. The lowest BCUT2D eigenvalue weighted by atomic mass is 9.87. The normalized spacial score (nSPS) is 11.3. The minimum absolute atomic E-state index is 0.0305. The highest BCUT2D eigenvalue weighted by Gasteiger charge is 2.15. The van der Waals surface area contributed by atoms with Crippen LogP contribution in [-0.2, 0) is 16.6 Å². The standard InChI is InChI=1S/C30H35N5O2/c1-30(2,3)24-10-12-25(13-11-24)35-28(20-27(34-35)23-6-4-17-31-21-23)32-18-5-7-29(37)33-19-16-22-8-14-26(36)15-9-22/h4,6,8-15,17,20-21,32,36H,5,7,16,18-19H2,1-3H3,(H,33,37). The van der Waals surface area contributed by atoms with Crippen LogP contribution in [0.25, 0.3) is 16.9 Å². The second-order valence-corrected chi connectivity index (χ2v) is 10.2. The van der Waals surface area contributed by atoms with Crippen LogP contribution >= 0.6 is 0 Å². The lowest BCUT2D eigenvalue weighted by Gasteiger charge is -2.19. The molecule has 3 N–H and O–H groups in total. The highest BCUT2D eigenvalue weighted by molar-refractivity contribution is 5.75. The molecule has 2 aromatic carbocycles. The quantitative estimate of drug-likeness (QED) is 0.252. The fraction of sp³-hybridized carbons (Fsp3) is 0.300. The molecule has 0 saturated carbocycles. The van der Waals surface area contributed by atoms with E-state index in [0.29, 0.717) is 25.9 Å². The average Bonchev–Trinajstić information content (AvgIpc) is 3.32. The van der Waals surface area contributed by atoms with Gasteiger partial charge in [0.25, 0.3) is 0 Å². The highest BCUT2D eigenvalue weighted by Crippen LogP contribution is 2.27. The van der Waals surface area contributed by atoms with Crippen LogP contribution in [0, 0.1) is 0 Å². The van der Waals surface area contributed by atoms with Gasteiger partial charge in [-0.25, -0.2) is 4.68 Å². The van der Waals surface area contributed by atoms with Crippen molar-refractivity contribution in [3.63, 3.8) is 0 Å². The fourth-order valence-electron chi connectivity index (χ4n) is 4.02. The van der Waals surface area contributed by atoms with Gasteiger partial charge in [-0.2, -0.15) is 5.10 Å². The van der Waals surface area contributed by atoms with Crippen LogP contribution in [0.4, 0.5) is 5.82 Å². The van der Waals surface area contributed by atoms with Crippen molar-refractivity contribution in [3.05, 3.63) is 90.3 Å². The molecular weight excluding hydrogens is 462 g/mol. The van der Waals surface area contributed by atoms with E-state index in [9.17, 15) is 9.90 Å². The zero-order chi connectivity index (χ0) is 26.3. The van der Waals surface area contributed by atoms with Gasteiger partial charge in [0.2, 0.25) is 5.91 Å².